The van der Waals surface area contributed by atoms with Crippen LogP contribution >= 0.6 is 11.8 Å². The number of hydrogen-bond acceptors (Lipinski definition) is 5. The Labute approximate surface area is 157 Å². The molecule has 0 fully saturated rings. The van der Waals surface area contributed by atoms with Crippen molar-refractivity contribution in [1.29, 1.82) is 0 Å². The second-order valence-corrected chi connectivity index (χ2v) is 7.50. The normalized spacial score (nSPS) is 17.5. The molecular formula is C20H20N4OS. The van der Waals surface area contributed by atoms with Gasteiger partial charge in [0.1, 0.15) is 0 Å². The number of nitrogens with one attached hydrogen (secondary N) is 1. The maximum Gasteiger partial charge on any atom is 0.234 e. The highest BCUT2D eigenvalue weighted by Gasteiger charge is 2.32. The fourth-order valence-electron chi connectivity index (χ4n) is 3.35. The summed E-state index contributed by atoms with van der Waals surface area (Å²) in [6, 6.07) is 14.4. The minimum absolute atomic E-state index is 0.0405. The number of thioether (sulfide) groups is 1. The van der Waals surface area contributed by atoms with Gasteiger partial charge in [-0.1, -0.05) is 36.0 Å². The summed E-state index contributed by atoms with van der Waals surface area (Å²) >= 11 is 1.42. The number of nitrogens with zero attached hydrogens (tertiary/aromatic N) is 3. The van der Waals surface area contributed by atoms with Crippen molar-refractivity contribution in [3.05, 3.63) is 59.2 Å². The van der Waals surface area contributed by atoms with E-state index in [-0.39, 0.29) is 11.9 Å². The van der Waals surface area contributed by atoms with Crippen LogP contribution in [0.1, 0.15) is 29.2 Å². The van der Waals surface area contributed by atoms with Gasteiger partial charge in [0.05, 0.1) is 17.5 Å². The van der Waals surface area contributed by atoms with Gasteiger partial charge in [-0.2, -0.15) is 5.10 Å². The van der Waals surface area contributed by atoms with Crippen LogP contribution < -0.4 is 5.32 Å². The van der Waals surface area contributed by atoms with E-state index in [1.165, 1.54) is 17.3 Å². The number of amides is 1. The lowest BCUT2D eigenvalue weighted by Gasteiger charge is -2.29. The Bertz CT molecular complexity index is 902. The summed E-state index contributed by atoms with van der Waals surface area (Å²) in [7, 11) is 0. The number of para-hydroxylation sites is 1. The van der Waals surface area contributed by atoms with E-state index in [0.717, 1.165) is 34.1 Å². The first kappa shape index (κ1) is 16.8. The Morgan fingerprint density at radius 2 is 2.00 bits per heavy atom. The third-order valence-electron chi connectivity index (χ3n) is 4.38. The molecule has 0 saturated heterocycles. The van der Waals surface area contributed by atoms with Gasteiger partial charge in [0.2, 0.25) is 5.91 Å². The van der Waals surface area contributed by atoms with Crippen molar-refractivity contribution in [2.75, 3.05) is 11.1 Å². The minimum Gasteiger partial charge on any atom is -0.325 e. The largest absolute Gasteiger partial charge is 0.325 e. The van der Waals surface area contributed by atoms with Crippen LogP contribution in [0.4, 0.5) is 11.4 Å². The highest BCUT2D eigenvalue weighted by atomic mass is 32.2. The van der Waals surface area contributed by atoms with E-state index in [0.29, 0.717) is 5.75 Å². The van der Waals surface area contributed by atoms with Crippen LogP contribution in [0.15, 0.2) is 52.6 Å². The SMILES string of the molecule is Cc1cc(C)cc(NC(=O)CSC2=Nc3ccccc3C3CC=NN23)c1. The Morgan fingerprint density at radius 1 is 1.23 bits per heavy atom. The molecule has 4 rings (SSSR count). The van der Waals surface area contributed by atoms with Crippen LogP contribution in [-0.2, 0) is 4.79 Å². The van der Waals surface area contributed by atoms with E-state index in [1.807, 2.05) is 55.4 Å². The smallest absolute Gasteiger partial charge is 0.234 e. The molecule has 0 aliphatic carbocycles. The van der Waals surface area contributed by atoms with Crippen molar-refractivity contribution < 1.29 is 4.79 Å². The molecule has 2 heterocycles. The molecular weight excluding hydrogens is 344 g/mol. The predicted octanol–water partition coefficient (Wildman–Crippen LogP) is 4.41. The maximum absolute atomic E-state index is 12.4. The summed E-state index contributed by atoms with van der Waals surface area (Å²) in [6.45, 7) is 4.05. The average molecular weight is 364 g/mol. The summed E-state index contributed by atoms with van der Waals surface area (Å²) in [5.74, 6) is 0.258. The first-order valence-electron chi connectivity index (χ1n) is 8.60. The first-order valence-corrected chi connectivity index (χ1v) is 9.59. The molecule has 0 radical (unpaired) electrons. The molecule has 1 N–H and O–H groups in total. The molecule has 0 saturated carbocycles. The monoisotopic (exact) mass is 364 g/mol. The zero-order chi connectivity index (χ0) is 18.1. The second-order valence-electron chi connectivity index (χ2n) is 6.56. The Morgan fingerprint density at radius 3 is 2.81 bits per heavy atom. The summed E-state index contributed by atoms with van der Waals surface area (Å²) in [6.07, 6.45) is 2.78. The lowest BCUT2D eigenvalue weighted by molar-refractivity contribution is -0.113. The number of benzene rings is 2. The molecule has 0 aromatic heterocycles. The molecule has 1 atom stereocenters. The van der Waals surface area contributed by atoms with Crippen LogP contribution in [-0.4, -0.2) is 28.1 Å². The maximum atomic E-state index is 12.4. The number of aliphatic imine (C=N–C) groups is 1. The molecule has 0 bridgehead atoms. The lowest BCUT2D eigenvalue weighted by atomic mass is 10.0. The van der Waals surface area contributed by atoms with Gasteiger partial charge in [-0.25, -0.2) is 10.0 Å². The molecule has 6 heteroatoms. The van der Waals surface area contributed by atoms with E-state index >= 15 is 0 Å². The van der Waals surface area contributed by atoms with Gasteiger partial charge in [-0.05, 0) is 43.2 Å². The topological polar surface area (TPSA) is 57.1 Å². The molecule has 1 unspecified atom stereocenters. The van der Waals surface area contributed by atoms with Gasteiger partial charge in [-0.3, -0.25) is 4.79 Å². The quantitative estimate of drug-likeness (QED) is 0.878. The summed E-state index contributed by atoms with van der Waals surface area (Å²) in [5.41, 5.74) is 5.26. The van der Waals surface area contributed by atoms with Crippen LogP contribution in [0, 0.1) is 13.8 Å². The van der Waals surface area contributed by atoms with Crippen molar-refractivity contribution in [2.45, 2.75) is 26.3 Å². The standard InChI is InChI=1S/C20H20N4OS/c1-13-9-14(2)11-15(10-13)22-19(25)12-26-20-23-17-6-4-3-5-16(17)18-7-8-21-24(18)20/h3-6,8-11,18H,7,12H2,1-2H3,(H,22,25). The number of hydrogen-bond donors (Lipinski definition) is 1. The van der Waals surface area contributed by atoms with Crippen LogP contribution in [0.25, 0.3) is 0 Å². The van der Waals surface area contributed by atoms with Crippen molar-refractivity contribution in [3.63, 3.8) is 0 Å². The molecule has 1 amide bonds. The zero-order valence-electron chi connectivity index (χ0n) is 14.8. The predicted molar refractivity (Wildman–Crippen MR) is 108 cm³/mol. The Kier molecular flexibility index (Phi) is 4.51. The van der Waals surface area contributed by atoms with E-state index in [4.69, 9.17) is 4.99 Å². The van der Waals surface area contributed by atoms with E-state index in [2.05, 4.69) is 22.6 Å². The number of rotatable bonds is 3. The minimum atomic E-state index is -0.0405. The van der Waals surface area contributed by atoms with Gasteiger partial charge in [0.25, 0.3) is 0 Å². The number of amidine groups is 1. The molecule has 2 aliphatic heterocycles. The van der Waals surface area contributed by atoms with Crippen molar-refractivity contribution in [1.82, 2.24) is 5.01 Å². The average Bonchev–Trinajstić information content (AvgIpc) is 3.09. The van der Waals surface area contributed by atoms with E-state index in [9.17, 15) is 4.79 Å². The van der Waals surface area contributed by atoms with Crippen molar-refractivity contribution in [3.8, 4) is 0 Å². The summed E-state index contributed by atoms with van der Waals surface area (Å²) in [4.78, 5) is 17.1. The lowest BCUT2D eigenvalue weighted by Crippen LogP contribution is -2.29. The highest BCUT2D eigenvalue weighted by molar-refractivity contribution is 8.14. The van der Waals surface area contributed by atoms with Crippen molar-refractivity contribution in [2.24, 2.45) is 10.1 Å². The summed E-state index contributed by atoms with van der Waals surface area (Å²) < 4.78 is 0. The van der Waals surface area contributed by atoms with Gasteiger partial charge in [0.15, 0.2) is 5.17 Å². The molecule has 2 aromatic carbocycles. The molecule has 26 heavy (non-hydrogen) atoms. The third-order valence-corrected chi connectivity index (χ3v) is 5.32. The van der Waals surface area contributed by atoms with Crippen molar-refractivity contribution >= 4 is 40.4 Å². The van der Waals surface area contributed by atoms with Gasteiger partial charge in [-0.15, -0.1) is 0 Å². The number of fused-ring (bicyclic) bond motifs is 3. The second kappa shape index (κ2) is 6.96. The zero-order valence-corrected chi connectivity index (χ0v) is 15.6. The molecule has 132 valence electrons. The number of carbonyl (C=O) groups excluding carboxylic acids is 1. The highest BCUT2D eigenvalue weighted by Crippen LogP contribution is 2.40. The molecule has 0 spiro atoms. The Balaban J connectivity index is 1.46. The van der Waals surface area contributed by atoms with Gasteiger partial charge < -0.3 is 5.32 Å². The molecule has 5 nitrogen and oxygen atoms in total. The van der Waals surface area contributed by atoms with Crippen LogP contribution in [0.5, 0.6) is 0 Å². The fourth-order valence-corrected chi connectivity index (χ4v) is 4.16. The molecule has 2 aromatic rings. The Hall–Kier alpha value is -2.60. The molecule has 2 aliphatic rings. The first-order chi connectivity index (χ1) is 12.6. The number of carbonyl (C=O) groups is 1. The fraction of sp³-hybridized carbons (Fsp3) is 0.250. The van der Waals surface area contributed by atoms with E-state index < -0.39 is 0 Å². The summed E-state index contributed by atoms with van der Waals surface area (Å²) in [5, 5.41) is 10.1. The third kappa shape index (κ3) is 3.37. The number of anilines is 1. The van der Waals surface area contributed by atoms with Gasteiger partial charge >= 0.3 is 0 Å². The van der Waals surface area contributed by atoms with E-state index in [1.54, 1.807) is 0 Å². The van der Waals surface area contributed by atoms with Crippen LogP contribution in [0.3, 0.4) is 0 Å². The van der Waals surface area contributed by atoms with Crippen LogP contribution in [0.2, 0.25) is 0 Å². The van der Waals surface area contributed by atoms with Gasteiger partial charge in [0, 0.05) is 23.9 Å². The number of aryl methyl sites for hydroxylation is 2. The number of hydrazone groups is 1.